The monoisotopic (exact) mass is 467 g/mol. The van der Waals surface area contributed by atoms with Gasteiger partial charge < -0.3 is 31.0 Å². The number of aromatic nitrogens is 1. The van der Waals surface area contributed by atoms with Crippen molar-refractivity contribution >= 4 is 34.5 Å². The lowest BCUT2D eigenvalue weighted by Crippen LogP contribution is -2.53. The Labute approximate surface area is 196 Å². The maximum atomic E-state index is 13.5. The summed E-state index contributed by atoms with van der Waals surface area (Å²) in [5, 5.41) is 6.26. The number of hydrogen-bond acceptors (Lipinski definition) is 5. The number of hydrogen-bond donors (Lipinski definition) is 4. The number of H-pyrrole nitrogens is 1. The number of likely N-dealkylation sites (tertiary alicyclic amines) is 1. The second-order valence-electron chi connectivity index (χ2n) is 9.73. The van der Waals surface area contributed by atoms with Crippen LogP contribution >= 0.6 is 0 Å². The van der Waals surface area contributed by atoms with Crippen molar-refractivity contribution in [3.63, 3.8) is 0 Å². The third kappa shape index (κ3) is 3.97. The number of nitrogens with two attached hydrogens (primary N) is 1. The number of methoxy groups -OCH3 is 1. The summed E-state index contributed by atoms with van der Waals surface area (Å²) in [4.78, 5) is 55.6. The molecule has 1 aromatic heterocycles. The topological polar surface area (TPSA) is 147 Å². The molecule has 5 N–H and O–H groups in total. The molecular formula is C24H29N5O5. The van der Waals surface area contributed by atoms with E-state index in [9.17, 15) is 19.2 Å². The number of benzene rings is 1. The largest absolute Gasteiger partial charge is 0.496 e. The lowest BCUT2D eigenvalue weighted by Gasteiger charge is -2.26. The average molecular weight is 468 g/mol. The summed E-state index contributed by atoms with van der Waals surface area (Å²) in [7, 11) is 1.57. The minimum absolute atomic E-state index is 0.0467. The number of primary amides is 1. The molecule has 4 amide bonds. The number of fused-ring (bicyclic) bond motifs is 1. The highest BCUT2D eigenvalue weighted by Crippen LogP contribution is 2.55. The van der Waals surface area contributed by atoms with Crippen LogP contribution in [0.4, 0.5) is 0 Å². The maximum Gasteiger partial charge on any atom is 0.271 e. The van der Waals surface area contributed by atoms with Crippen LogP contribution in [0.3, 0.4) is 0 Å². The summed E-state index contributed by atoms with van der Waals surface area (Å²) in [5.41, 5.74) is 6.65. The SMILES string of the molecule is COc1cccc2[nH]c(C(=O)N3CC4(CC4)C[C@H]3C(=O)N[C@@H](C[C@@H]3CCNC3=O)C(N)=O)cc12. The molecule has 3 atom stereocenters. The van der Waals surface area contributed by atoms with Gasteiger partial charge >= 0.3 is 0 Å². The minimum Gasteiger partial charge on any atom is -0.496 e. The smallest absolute Gasteiger partial charge is 0.271 e. The zero-order valence-electron chi connectivity index (χ0n) is 19.1. The van der Waals surface area contributed by atoms with E-state index in [2.05, 4.69) is 15.6 Å². The van der Waals surface area contributed by atoms with Crippen molar-refractivity contribution in [2.24, 2.45) is 17.1 Å². The standard InChI is InChI=1S/C24H29N5O5/c1-34-19-4-2-3-15-14(19)10-17(27-15)23(33)29-12-24(6-7-24)11-18(29)22(32)28-16(20(25)30)9-13-5-8-26-21(13)31/h2-4,10,13,16,18,27H,5-9,11-12H2,1H3,(H2,25,30)(H,26,31)(H,28,32)/t13-,16-,18-/m0/s1. The quantitative estimate of drug-likeness (QED) is 0.473. The van der Waals surface area contributed by atoms with Gasteiger partial charge in [-0.2, -0.15) is 0 Å². The van der Waals surface area contributed by atoms with Crippen LogP contribution in [-0.2, 0) is 14.4 Å². The fraction of sp³-hybridized carbons (Fsp3) is 0.500. The minimum atomic E-state index is -0.966. The van der Waals surface area contributed by atoms with Crippen LogP contribution in [0.1, 0.15) is 42.6 Å². The van der Waals surface area contributed by atoms with Gasteiger partial charge in [0, 0.05) is 29.9 Å². The average Bonchev–Trinajstić information content (AvgIpc) is 3.14. The highest BCUT2D eigenvalue weighted by Gasteiger charge is 2.55. The van der Waals surface area contributed by atoms with E-state index in [1.165, 1.54) is 0 Å². The van der Waals surface area contributed by atoms with Crippen LogP contribution in [0.5, 0.6) is 5.75 Å². The summed E-state index contributed by atoms with van der Waals surface area (Å²) >= 11 is 0. The van der Waals surface area contributed by atoms with Crippen LogP contribution in [0.25, 0.3) is 10.9 Å². The third-order valence-corrected chi connectivity index (χ3v) is 7.45. The molecule has 0 radical (unpaired) electrons. The van der Waals surface area contributed by atoms with Crippen molar-refractivity contribution in [3.8, 4) is 5.75 Å². The first kappa shape index (κ1) is 22.2. The van der Waals surface area contributed by atoms with Gasteiger partial charge in [0.1, 0.15) is 23.5 Å². The summed E-state index contributed by atoms with van der Waals surface area (Å²) in [6, 6.07) is 5.60. The summed E-state index contributed by atoms with van der Waals surface area (Å²) < 4.78 is 5.40. The Hall–Kier alpha value is -3.56. The molecule has 3 fully saturated rings. The van der Waals surface area contributed by atoms with Crippen LogP contribution in [0, 0.1) is 11.3 Å². The number of nitrogens with zero attached hydrogens (tertiary/aromatic N) is 1. The van der Waals surface area contributed by atoms with E-state index in [0.29, 0.717) is 37.4 Å². The molecule has 10 nitrogen and oxygen atoms in total. The van der Waals surface area contributed by atoms with Crippen molar-refractivity contribution in [2.75, 3.05) is 20.2 Å². The molecular weight excluding hydrogens is 438 g/mol. The Morgan fingerprint density at radius 1 is 1.32 bits per heavy atom. The Kier molecular flexibility index (Phi) is 5.45. The highest BCUT2D eigenvalue weighted by molar-refractivity contribution is 6.02. The van der Waals surface area contributed by atoms with Gasteiger partial charge in [0.15, 0.2) is 0 Å². The zero-order chi connectivity index (χ0) is 24.0. The molecule has 2 aromatic rings. The van der Waals surface area contributed by atoms with Crippen LogP contribution < -0.4 is 21.1 Å². The number of carbonyl (C=O) groups excluding carboxylic acids is 4. The van der Waals surface area contributed by atoms with Gasteiger partial charge in [0.05, 0.1) is 7.11 Å². The van der Waals surface area contributed by atoms with E-state index in [1.54, 1.807) is 18.1 Å². The van der Waals surface area contributed by atoms with Gasteiger partial charge in [0.25, 0.3) is 5.91 Å². The molecule has 5 rings (SSSR count). The van der Waals surface area contributed by atoms with Gasteiger partial charge in [-0.3, -0.25) is 19.2 Å². The molecule has 1 spiro atoms. The molecule has 0 bridgehead atoms. The van der Waals surface area contributed by atoms with Crippen LogP contribution in [0.15, 0.2) is 24.3 Å². The Morgan fingerprint density at radius 3 is 2.76 bits per heavy atom. The fourth-order valence-electron chi connectivity index (χ4n) is 5.29. The zero-order valence-corrected chi connectivity index (χ0v) is 19.1. The van der Waals surface area contributed by atoms with Gasteiger partial charge in [-0.05, 0) is 55.7 Å². The number of carbonyl (C=O) groups is 4. The lowest BCUT2D eigenvalue weighted by molar-refractivity contribution is -0.131. The Bertz CT molecular complexity index is 1170. The first-order valence-corrected chi connectivity index (χ1v) is 11.6. The van der Waals surface area contributed by atoms with Gasteiger partial charge in [-0.25, -0.2) is 0 Å². The molecule has 180 valence electrons. The van der Waals surface area contributed by atoms with E-state index in [1.807, 2.05) is 18.2 Å². The summed E-state index contributed by atoms with van der Waals surface area (Å²) in [5.74, 6) is -1.21. The summed E-state index contributed by atoms with van der Waals surface area (Å²) in [6.45, 7) is 1.04. The molecule has 2 saturated heterocycles. The predicted octanol–water partition coefficient (Wildman–Crippen LogP) is 0.668. The number of rotatable bonds is 7. The van der Waals surface area contributed by atoms with E-state index in [4.69, 9.17) is 10.5 Å². The predicted molar refractivity (Wildman–Crippen MR) is 123 cm³/mol. The molecule has 34 heavy (non-hydrogen) atoms. The van der Waals surface area contributed by atoms with Crippen molar-refractivity contribution in [3.05, 3.63) is 30.0 Å². The Morgan fingerprint density at radius 2 is 2.12 bits per heavy atom. The molecule has 1 saturated carbocycles. The molecule has 1 aliphatic carbocycles. The van der Waals surface area contributed by atoms with Gasteiger partial charge in [-0.15, -0.1) is 0 Å². The van der Waals surface area contributed by atoms with Crippen molar-refractivity contribution in [1.29, 1.82) is 0 Å². The van der Waals surface area contributed by atoms with Gasteiger partial charge in [-0.1, -0.05) is 6.07 Å². The van der Waals surface area contributed by atoms with Crippen LogP contribution in [0.2, 0.25) is 0 Å². The second kappa shape index (κ2) is 8.34. The first-order chi connectivity index (χ1) is 16.3. The number of aromatic amines is 1. The maximum absolute atomic E-state index is 13.5. The number of nitrogens with one attached hydrogen (secondary N) is 3. The summed E-state index contributed by atoms with van der Waals surface area (Å²) in [6.07, 6.45) is 3.22. The number of ether oxygens (including phenoxy) is 1. The normalized spacial score (nSPS) is 23.7. The van der Waals surface area contributed by atoms with Crippen LogP contribution in [-0.4, -0.2) is 65.8 Å². The molecule has 0 unspecified atom stereocenters. The van der Waals surface area contributed by atoms with E-state index in [-0.39, 0.29) is 29.6 Å². The van der Waals surface area contributed by atoms with Crippen molar-refractivity contribution < 1.29 is 23.9 Å². The third-order valence-electron chi connectivity index (χ3n) is 7.45. The molecule has 3 aliphatic rings. The lowest BCUT2D eigenvalue weighted by atomic mass is 9.97. The molecule has 3 heterocycles. The van der Waals surface area contributed by atoms with Gasteiger partial charge in [0.2, 0.25) is 17.7 Å². The highest BCUT2D eigenvalue weighted by atomic mass is 16.5. The molecule has 2 aliphatic heterocycles. The van der Waals surface area contributed by atoms with Crippen molar-refractivity contribution in [2.45, 2.75) is 44.2 Å². The van der Waals surface area contributed by atoms with E-state index < -0.39 is 23.9 Å². The van der Waals surface area contributed by atoms with E-state index >= 15 is 0 Å². The molecule has 1 aromatic carbocycles. The Balaban J connectivity index is 1.36. The van der Waals surface area contributed by atoms with Crippen molar-refractivity contribution in [1.82, 2.24) is 20.5 Å². The number of amides is 4. The fourth-order valence-corrected chi connectivity index (χ4v) is 5.29. The molecule has 10 heteroatoms. The first-order valence-electron chi connectivity index (χ1n) is 11.6. The van der Waals surface area contributed by atoms with E-state index in [0.717, 1.165) is 23.7 Å². The second-order valence-corrected chi connectivity index (χ2v) is 9.73.